The van der Waals surface area contributed by atoms with Crippen LogP contribution in [0.15, 0.2) is 18.2 Å². The summed E-state index contributed by atoms with van der Waals surface area (Å²) in [6, 6.07) is 6.25. The van der Waals surface area contributed by atoms with E-state index in [2.05, 4.69) is 37.6 Å². The first-order chi connectivity index (χ1) is 6.35. The Hall–Kier alpha value is 0.0600. The highest BCUT2D eigenvalue weighted by Crippen LogP contribution is 2.35. The van der Waals surface area contributed by atoms with Gasteiger partial charge in [0.1, 0.15) is 5.75 Å². The molecule has 0 bridgehead atoms. The fraction of sp³-hybridized carbons (Fsp3) is 0.333. The van der Waals surface area contributed by atoms with E-state index in [-0.39, 0.29) is 0 Å². The third-order valence-electron chi connectivity index (χ3n) is 2.23. The van der Waals surface area contributed by atoms with E-state index in [0.29, 0.717) is 0 Å². The first kappa shape index (κ1) is 9.61. The van der Waals surface area contributed by atoms with Crippen LogP contribution in [0.3, 0.4) is 0 Å². The number of rotatable bonds is 2. The second kappa shape index (κ2) is 4.06. The fourth-order valence-corrected chi connectivity index (χ4v) is 2.80. The highest BCUT2D eigenvalue weighted by Gasteiger charge is 2.21. The van der Waals surface area contributed by atoms with Crippen LogP contribution in [0.2, 0.25) is 0 Å². The molecule has 0 aromatic heterocycles. The van der Waals surface area contributed by atoms with Crippen molar-refractivity contribution in [3.63, 3.8) is 0 Å². The fourth-order valence-electron chi connectivity index (χ4n) is 1.60. The molecule has 0 amide bonds. The largest absolute Gasteiger partial charge is 0.496 e. The Bertz CT molecular complexity index is 318. The average molecular weight is 307 g/mol. The summed E-state index contributed by atoms with van der Waals surface area (Å²) in [5.74, 6) is 1.02. The van der Waals surface area contributed by atoms with Gasteiger partial charge in [-0.2, -0.15) is 0 Å². The van der Waals surface area contributed by atoms with Gasteiger partial charge in [-0.3, -0.25) is 0 Å². The van der Waals surface area contributed by atoms with Crippen molar-refractivity contribution in [3.05, 3.63) is 29.3 Å². The molecule has 70 valence electrons. The SMILES string of the molecule is COc1cccc2c1CN(SI)C2. The minimum atomic E-state index is 0.993. The van der Waals surface area contributed by atoms with E-state index in [1.807, 2.05) is 6.07 Å². The minimum Gasteiger partial charge on any atom is -0.496 e. The van der Waals surface area contributed by atoms with Crippen molar-refractivity contribution in [2.45, 2.75) is 13.1 Å². The maximum atomic E-state index is 5.31. The standard InChI is InChI=1S/C9H10INOS/c1-12-9-4-2-3-7-5-11(13-10)6-8(7)9/h2-4H,5-6H2,1H3. The molecule has 0 fully saturated rings. The lowest BCUT2D eigenvalue weighted by atomic mass is 10.1. The van der Waals surface area contributed by atoms with Gasteiger partial charge in [0.2, 0.25) is 0 Å². The Balaban J connectivity index is 2.33. The molecule has 0 aliphatic carbocycles. The third-order valence-corrected chi connectivity index (χ3v) is 4.35. The van der Waals surface area contributed by atoms with E-state index in [0.717, 1.165) is 18.8 Å². The topological polar surface area (TPSA) is 12.5 Å². The molecule has 0 saturated heterocycles. The van der Waals surface area contributed by atoms with E-state index >= 15 is 0 Å². The van der Waals surface area contributed by atoms with Crippen LogP contribution < -0.4 is 4.74 Å². The number of hydrogen-bond acceptors (Lipinski definition) is 3. The number of methoxy groups -OCH3 is 1. The first-order valence-electron chi connectivity index (χ1n) is 4.03. The maximum absolute atomic E-state index is 5.31. The Morgan fingerprint density at radius 2 is 2.31 bits per heavy atom. The van der Waals surface area contributed by atoms with Gasteiger partial charge in [0.15, 0.2) is 0 Å². The normalized spacial score (nSPS) is 15.8. The molecular weight excluding hydrogens is 297 g/mol. The van der Waals surface area contributed by atoms with Crippen molar-refractivity contribution in [1.82, 2.24) is 4.31 Å². The molecule has 1 aliphatic heterocycles. The summed E-state index contributed by atoms with van der Waals surface area (Å²) in [6.07, 6.45) is 0. The average Bonchev–Trinajstić information content (AvgIpc) is 2.59. The number of benzene rings is 1. The van der Waals surface area contributed by atoms with Crippen LogP contribution >= 0.6 is 30.3 Å². The lowest BCUT2D eigenvalue weighted by Gasteiger charge is -2.07. The number of hydrogen-bond donors (Lipinski definition) is 0. The van der Waals surface area contributed by atoms with E-state index < -0.39 is 0 Å². The summed E-state index contributed by atoms with van der Waals surface area (Å²) in [4.78, 5) is 0. The second-order valence-corrected chi connectivity index (χ2v) is 4.80. The van der Waals surface area contributed by atoms with Gasteiger partial charge < -0.3 is 4.74 Å². The summed E-state index contributed by atoms with van der Waals surface area (Å²) in [5, 5.41) is 0. The monoisotopic (exact) mass is 307 g/mol. The maximum Gasteiger partial charge on any atom is 0.123 e. The number of fused-ring (bicyclic) bond motifs is 1. The highest BCUT2D eigenvalue weighted by atomic mass is 127. The Labute approximate surface area is 94.4 Å². The molecule has 2 nitrogen and oxygen atoms in total. The van der Waals surface area contributed by atoms with Crippen molar-refractivity contribution in [2.24, 2.45) is 0 Å². The van der Waals surface area contributed by atoms with Crippen molar-refractivity contribution >= 4 is 30.3 Å². The van der Waals surface area contributed by atoms with Crippen LogP contribution in [0.1, 0.15) is 11.1 Å². The Morgan fingerprint density at radius 3 is 3.00 bits per heavy atom. The minimum absolute atomic E-state index is 0.993. The van der Waals surface area contributed by atoms with Crippen LogP contribution in [-0.4, -0.2) is 11.4 Å². The molecule has 0 atom stereocenters. The number of ether oxygens (including phenoxy) is 1. The Kier molecular flexibility index (Phi) is 3.00. The zero-order valence-corrected chi connectivity index (χ0v) is 10.3. The molecule has 1 aromatic rings. The number of nitrogens with zero attached hydrogens (tertiary/aromatic N) is 1. The van der Waals surface area contributed by atoms with E-state index in [9.17, 15) is 0 Å². The van der Waals surface area contributed by atoms with Crippen LogP contribution in [0.25, 0.3) is 0 Å². The summed E-state index contributed by atoms with van der Waals surface area (Å²) in [5.41, 5.74) is 2.73. The molecule has 0 radical (unpaired) electrons. The van der Waals surface area contributed by atoms with Gasteiger partial charge in [-0.15, -0.1) is 0 Å². The summed E-state index contributed by atoms with van der Waals surface area (Å²) in [7, 11) is 3.49. The predicted octanol–water partition coefficient (Wildman–Crippen LogP) is 3.01. The molecule has 0 unspecified atom stereocenters. The van der Waals surface area contributed by atoms with Crippen LogP contribution in [0.4, 0.5) is 0 Å². The first-order valence-corrected chi connectivity index (χ1v) is 7.35. The van der Waals surface area contributed by atoms with Crippen molar-refractivity contribution in [1.29, 1.82) is 0 Å². The van der Waals surface area contributed by atoms with Gasteiger partial charge >= 0.3 is 0 Å². The predicted molar refractivity (Wildman–Crippen MR) is 63.9 cm³/mol. The van der Waals surface area contributed by atoms with Crippen LogP contribution in [0.5, 0.6) is 5.75 Å². The van der Waals surface area contributed by atoms with Gasteiger partial charge in [-0.1, -0.05) is 12.1 Å². The molecule has 1 aromatic carbocycles. The molecule has 2 rings (SSSR count). The number of halogens is 1. The summed E-state index contributed by atoms with van der Waals surface area (Å²) >= 11 is 2.31. The zero-order valence-electron chi connectivity index (χ0n) is 7.29. The van der Waals surface area contributed by atoms with Crippen LogP contribution in [0, 0.1) is 0 Å². The van der Waals surface area contributed by atoms with Crippen molar-refractivity contribution < 1.29 is 4.74 Å². The van der Waals surface area contributed by atoms with Gasteiger partial charge in [0.25, 0.3) is 0 Å². The molecular formula is C9H10INOS. The van der Waals surface area contributed by atoms with Gasteiger partial charge in [-0.05, 0) is 20.7 Å². The molecule has 0 saturated carbocycles. The summed E-state index contributed by atoms with van der Waals surface area (Å²) < 4.78 is 7.62. The molecule has 4 heteroatoms. The summed E-state index contributed by atoms with van der Waals surface area (Å²) in [6.45, 7) is 2.02. The van der Waals surface area contributed by atoms with Gasteiger partial charge in [0, 0.05) is 39.9 Å². The highest BCUT2D eigenvalue weighted by molar-refractivity contribution is 14.2. The second-order valence-electron chi connectivity index (χ2n) is 2.96. The van der Waals surface area contributed by atoms with Gasteiger partial charge in [0.05, 0.1) is 7.11 Å². The quantitative estimate of drug-likeness (QED) is 0.615. The molecule has 1 aliphatic rings. The van der Waals surface area contributed by atoms with E-state index in [1.165, 1.54) is 11.1 Å². The molecule has 1 heterocycles. The lowest BCUT2D eigenvalue weighted by Crippen LogP contribution is -2.02. The van der Waals surface area contributed by atoms with E-state index in [1.54, 1.807) is 16.2 Å². The molecule has 13 heavy (non-hydrogen) atoms. The lowest BCUT2D eigenvalue weighted by molar-refractivity contribution is 0.406. The van der Waals surface area contributed by atoms with Crippen LogP contribution in [-0.2, 0) is 13.1 Å². The molecule has 0 spiro atoms. The smallest absolute Gasteiger partial charge is 0.123 e. The molecule has 0 N–H and O–H groups in total. The van der Waals surface area contributed by atoms with Crippen molar-refractivity contribution in [3.8, 4) is 5.75 Å². The van der Waals surface area contributed by atoms with E-state index in [4.69, 9.17) is 4.74 Å². The zero-order chi connectivity index (χ0) is 9.26. The van der Waals surface area contributed by atoms with Crippen molar-refractivity contribution in [2.75, 3.05) is 7.11 Å². The third kappa shape index (κ3) is 1.80. The Morgan fingerprint density at radius 1 is 1.46 bits per heavy atom. The van der Waals surface area contributed by atoms with Gasteiger partial charge in [-0.25, -0.2) is 4.31 Å².